The maximum Gasteiger partial charge on any atom is 0.350 e. The van der Waals surface area contributed by atoms with Crippen LogP contribution in [0.15, 0.2) is 85.0 Å². The third-order valence-electron chi connectivity index (χ3n) is 7.94. The molecule has 0 radical (unpaired) electrons. The minimum Gasteiger partial charge on any atom is -0.507 e. The summed E-state index contributed by atoms with van der Waals surface area (Å²) in [5.41, 5.74) is 2.88. The van der Waals surface area contributed by atoms with Gasteiger partial charge in [-0.05, 0) is 67.8 Å². The van der Waals surface area contributed by atoms with Crippen LogP contribution in [0.3, 0.4) is 0 Å². The Morgan fingerprint density at radius 3 is 2.65 bits per heavy atom. The first kappa shape index (κ1) is 32.5. The van der Waals surface area contributed by atoms with Crippen molar-refractivity contribution >= 4 is 39.9 Å². The van der Waals surface area contributed by atoms with Crippen LogP contribution in [0.5, 0.6) is 17.2 Å². The zero-order chi connectivity index (χ0) is 33.9. The molecule has 246 valence electrons. The third kappa shape index (κ3) is 6.28. The summed E-state index contributed by atoms with van der Waals surface area (Å²) >= 11 is 0.925. The maximum atomic E-state index is 13.9. The van der Waals surface area contributed by atoms with Gasteiger partial charge in [-0.3, -0.25) is 14.5 Å². The van der Waals surface area contributed by atoms with E-state index in [1.807, 2.05) is 44.2 Å². The van der Waals surface area contributed by atoms with E-state index < -0.39 is 23.7 Å². The molecule has 0 bridgehead atoms. The summed E-state index contributed by atoms with van der Waals surface area (Å²) in [5, 5.41) is 11.9. The van der Waals surface area contributed by atoms with Crippen LogP contribution in [0.2, 0.25) is 0 Å². The fraction of sp³-hybridized carbons (Fsp3) is 0.243. The van der Waals surface area contributed by atoms with Gasteiger partial charge < -0.3 is 24.1 Å². The van der Waals surface area contributed by atoms with Gasteiger partial charge in [-0.2, -0.15) is 0 Å². The molecule has 0 aliphatic carbocycles. The number of aromatic nitrogens is 1. The molecule has 0 spiro atoms. The number of nitrogens with zero attached hydrogens (tertiary/aromatic N) is 2. The predicted molar refractivity (Wildman–Crippen MR) is 181 cm³/mol. The zero-order valence-corrected chi connectivity index (χ0v) is 27.5. The van der Waals surface area contributed by atoms with E-state index in [4.69, 9.17) is 18.9 Å². The summed E-state index contributed by atoms with van der Waals surface area (Å²) < 4.78 is 23.1. The first-order valence-corrected chi connectivity index (χ1v) is 16.3. The first-order chi connectivity index (χ1) is 23.2. The molecule has 2 aliphatic heterocycles. The van der Waals surface area contributed by atoms with Gasteiger partial charge in [0.2, 0.25) is 0 Å². The number of hydrogen-bond acceptors (Lipinski definition) is 10. The Hall–Kier alpha value is -5.42. The van der Waals surface area contributed by atoms with E-state index in [1.165, 1.54) is 11.0 Å². The number of aryl methyl sites for hydroxylation is 1. The topological polar surface area (TPSA) is 124 Å². The van der Waals surface area contributed by atoms with Gasteiger partial charge in [0, 0.05) is 12.0 Å². The van der Waals surface area contributed by atoms with Gasteiger partial charge in [-0.15, -0.1) is 0 Å². The van der Waals surface area contributed by atoms with Gasteiger partial charge in [-0.1, -0.05) is 60.4 Å². The molecule has 3 heterocycles. The van der Waals surface area contributed by atoms with Gasteiger partial charge in [-0.25, -0.2) is 9.78 Å². The van der Waals surface area contributed by atoms with Gasteiger partial charge in [0.25, 0.3) is 5.78 Å². The van der Waals surface area contributed by atoms with E-state index in [-0.39, 0.29) is 34.1 Å². The number of ether oxygens (including phenoxy) is 4. The summed E-state index contributed by atoms with van der Waals surface area (Å²) in [6.45, 7) is 9.59. The van der Waals surface area contributed by atoms with Crippen molar-refractivity contribution in [2.45, 2.75) is 45.9 Å². The molecule has 1 amide bonds. The lowest BCUT2D eigenvalue weighted by Crippen LogP contribution is -2.29. The predicted octanol–water partition coefficient (Wildman–Crippen LogP) is 6.72. The average Bonchev–Trinajstić information content (AvgIpc) is 3.74. The lowest BCUT2D eigenvalue weighted by molar-refractivity contribution is -0.132. The molecule has 0 saturated carbocycles. The zero-order valence-electron chi connectivity index (χ0n) is 26.7. The lowest BCUT2D eigenvalue weighted by Gasteiger charge is -2.24. The summed E-state index contributed by atoms with van der Waals surface area (Å²) in [6, 6.07) is 18.9. The summed E-state index contributed by atoms with van der Waals surface area (Å²) in [5.74, 6) is -1.20. The fourth-order valence-electron chi connectivity index (χ4n) is 5.76. The number of hydrogen-bond donors (Lipinski definition) is 1. The molecule has 6 rings (SSSR count). The van der Waals surface area contributed by atoms with Crippen molar-refractivity contribution in [2.75, 3.05) is 18.1 Å². The Morgan fingerprint density at radius 1 is 1.10 bits per heavy atom. The molecule has 1 N–H and O–H groups in total. The van der Waals surface area contributed by atoms with Crippen LogP contribution in [0.25, 0.3) is 5.76 Å². The van der Waals surface area contributed by atoms with E-state index in [9.17, 15) is 19.5 Å². The van der Waals surface area contributed by atoms with Crippen molar-refractivity contribution < 1.29 is 38.4 Å². The number of rotatable bonds is 11. The number of amides is 1. The molecule has 3 aromatic carbocycles. The van der Waals surface area contributed by atoms with Crippen LogP contribution in [0.4, 0.5) is 5.13 Å². The first-order valence-electron chi connectivity index (χ1n) is 15.5. The highest BCUT2D eigenvalue weighted by Crippen LogP contribution is 2.46. The number of carbonyl (C=O) groups excluding carboxylic acids is 3. The summed E-state index contributed by atoms with van der Waals surface area (Å²) in [7, 11) is 0. The van der Waals surface area contributed by atoms with Gasteiger partial charge >= 0.3 is 11.9 Å². The molecule has 2 unspecified atom stereocenters. The number of esters is 1. The van der Waals surface area contributed by atoms with E-state index in [2.05, 4.69) is 11.6 Å². The minimum atomic E-state index is -1.11. The van der Waals surface area contributed by atoms with Crippen molar-refractivity contribution in [1.82, 2.24) is 4.98 Å². The Kier molecular flexibility index (Phi) is 9.31. The molecule has 10 nitrogen and oxygen atoms in total. The standard InChI is InChI=1S/C37H34N2O8S/c1-5-16-45-36(43)34-22(4)38-37(48-34)39-31(24-12-15-28(29(19-24)44-6-2)46-20-23-10-8-7-9-11-23)30(33(41)35(39)42)32(40)25-13-14-27-26(18-25)17-21(3)47-27/h5,7-15,18-19,21,31,40H,1,6,16-17,20H2,2-4H3. The molecule has 2 atom stereocenters. The van der Waals surface area contributed by atoms with Crippen molar-refractivity contribution in [3.63, 3.8) is 0 Å². The molecular weight excluding hydrogens is 632 g/mol. The SMILES string of the molecule is C=CCOC(=O)c1sc(N2C(=O)C(=O)C(=C(O)c3ccc4c(c3)CC(C)O4)C2c2ccc(OCc3ccccc3)c(OCC)c2)nc1C. The van der Waals surface area contributed by atoms with E-state index >= 15 is 0 Å². The maximum absolute atomic E-state index is 13.9. The third-order valence-corrected chi connectivity index (χ3v) is 9.08. The van der Waals surface area contributed by atoms with Gasteiger partial charge in [0.1, 0.15) is 35.7 Å². The molecule has 4 aromatic rings. The van der Waals surface area contributed by atoms with Crippen LogP contribution in [-0.2, 0) is 27.4 Å². The molecule has 2 aliphatic rings. The van der Waals surface area contributed by atoms with Crippen molar-refractivity contribution in [3.8, 4) is 17.2 Å². The molecule has 1 aromatic heterocycles. The Bertz CT molecular complexity index is 1930. The number of anilines is 1. The van der Waals surface area contributed by atoms with Crippen molar-refractivity contribution in [1.29, 1.82) is 0 Å². The highest BCUT2D eigenvalue weighted by Gasteiger charge is 2.49. The number of Topliss-reactive ketones (excluding diaryl/α,β-unsaturated/α-hetero) is 1. The van der Waals surface area contributed by atoms with E-state index in [0.29, 0.717) is 53.7 Å². The van der Waals surface area contributed by atoms with E-state index in [1.54, 1.807) is 43.3 Å². The summed E-state index contributed by atoms with van der Waals surface area (Å²) in [6.07, 6.45) is 2.06. The molecule has 48 heavy (non-hydrogen) atoms. The Balaban J connectivity index is 1.47. The van der Waals surface area contributed by atoms with Gasteiger partial charge in [0.15, 0.2) is 16.6 Å². The Morgan fingerprint density at radius 2 is 1.90 bits per heavy atom. The molecule has 1 fully saturated rings. The summed E-state index contributed by atoms with van der Waals surface area (Å²) in [4.78, 5) is 46.4. The van der Waals surface area contributed by atoms with Crippen LogP contribution >= 0.6 is 11.3 Å². The highest BCUT2D eigenvalue weighted by molar-refractivity contribution is 7.17. The number of benzene rings is 3. The Labute approximate surface area is 281 Å². The lowest BCUT2D eigenvalue weighted by atomic mass is 9.94. The number of fused-ring (bicyclic) bond motifs is 1. The normalized spacial score (nSPS) is 17.9. The minimum absolute atomic E-state index is 0.000482. The van der Waals surface area contributed by atoms with Crippen LogP contribution in [0.1, 0.15) is 57.5 Å². The largest absolute Gasteiger partial charge is 0.507 e. The van der Waals surface area contributed by atoms with Crippen molar-refractivity contribution in [3.05, 3.63) is 118 Å². The second-order valence-corrected chi connectivity index (χ2v) is 12.3. The monoisotopic (exact) mass is 666 g/mol. The highest BCUT2D eigenvalue weighted by atomic mass is 32.1. The number of ketones is 1. The molecule has 11 heteroatoms. The quantitative estimate of drug-likeness (QED) is 0.0611. The number of carbonyl (C=O) groups is 3. The second-order valence-electron chi connectivity index (χ2n) is 11.3. The van der Waals surface area contributed by atoms with E-state index in [0.717, 1.165) is 22.5 Å². The van der Waals surface area contributed by atoms with Crippen molar-refractivity contribution in [2.24, 2.45) is 0 Å². The fourth-order valence-corrected chi connectivity index (χ4v) is 6.75. The van der Waals surface area contributed by atoms with Crippen LogP contribution in [-0.4, -0.2) is 47.1 Å². The number of thiazole rings is 1. The van der Waals surface area contributed by atoms with Crippen LogP contribution < -0.4 is 19.1 Å². The average molecular weight is 667 g/mol. The molecule has 1 saturated heterocycles. The second kappa shape index (κ2) is 13.7. The number of aliphatic hydroxyl groups is 1. The molecular formula is C37H34N2O8S. The smallest absolute Gasteiger partial charge is 0.350 e. The number of aliphatic hydroxyl groups excluding tert-OH is 1. The van der Waals surface area contributed by atoms with Crippen LogP contribution in [0, 0.1) is 6.92 Å². The van der Waals surface area contributed by atoms with Gasteiger partial charge in [0.05, 0.1) is 23.9 Å².